The molecule has 3 nitrogen and oxygen atoms in total. The minimum atomic E-state index is 0.650. The maximum Gasteiger partial charge on any atom is 0.0472 e. The van der Waals surface area contributed by atoms with Gasteiger partial charge in [0.1, 0.15) is 0 Å². The Balaban J connectivity index is 1.42. The van der Waals surface area contributed by atoms with Gasteiger partial charge in [0.25, 0.3) is 0 Å². The molecule has 104 valence electrons. The average molecular weight is 252 g/mol. The molecule has 18 heavy (non-hydrogen) atoms. The third kappa shape index (κ3) is 2.59. The molecule has 2 saturated heterocycles. The summed E-state index contributed by atoms with van der Waals surface area (Å²) in [6.07, 6.45) is 8.18. The summed E-state index contributed by atoms with van der Waals surface area (Å²) in [4.78, 5) is 2.76. The second-order valence-electron chi connectivity index (χ2n) is 6.58. The second-order valence-corrected chi connectivity index (χ2v) is 6.58. The normalized spacial score (nSPS) is 36.5. The fraction of sp³-hybridized carbons (Fsp3) is 1.00. The molecule has 1 aliphatic carbocycles. The second kappa shape index (κ2) is 5.48. The molecular weight excluding hydrogens is 224 g/mol. The van der Waals surface area contributed by atoms with Crippen LogP contribution in [0.3, 0.4) is 0 Å². The van der Waals surface area contributed by atoms with Crippen LogP contribution in [-0.4, -0.2) is 49.8 Å². The van der Waals surface area contributed by atoms with Crippen LogP contribution in [0.4, 0.5) is 0 Å². The third-order valence-corrected chi connectivity index (χ3v) is 5.34. The van der Waals surface area contributed by atoms with Gasteiger partial charge in [0, 0.05) is 43.8 Å². The van der Waals surface area contributed by atoms with Crippen LogP contribution in [0.25, 0.3) is 0 Å². The van der Waals surface area contributed by atoms with Crippen LogP contribution in [0.5, 0.6) is 0 Å². The van der Waals surface area contributed by atoms with Gasteiger partial charge in [-0.05, 0) is 45.1 Å². The number of hydrogen-bond acceptors (Lipinski definition) is 3. The molecule has 0 aromatic rings. The van der Waals surface area contributed by atoms with Gasteiger partial charge in [0.2, 0.25) is 0 Å². The van der Waals surface area contributed by atoms with Crippen molar-refractivity contribution in [2.45, 2.75) is 57.5 Å². The molecule has 0 unspecified atom stereocenters. The lowest BCUT2D eigenvalue weighted by Gasteiger charge is -2.56. The summed E-state index contributed by atoms with van der Waals surface area (Å²) >= 11 is 0. The van der Waals surface area contributed by atoms with E-state index in [0.29, 0.717) is 5.41 Å². The molecule has 3 heteroatoms. The van der Waals surface area contributed by atoms with Crippen LogP contribution >= 0.6 is 0 Å². The number of likely N-dealkylation sites (tertiary alicyclic amines) is 1. The largest absolute Gasteiger partial charge is 0.381 e. The van der Waals surface area contributed by atoms with Gasteiger partial charge in [-0.25, -0.2) is 0 Å². The van der Waals surface area contributed by atoms with Crippen LogP contribution in [-0.2, 0) is 4.74 Å². The van der Waals surface area contributed by atoms with E-state index in [1.165, 1.54) is 51.6 Å². The standard InChI is InChI=1S/C15H28N2O/c1-2-16-13-3-5-14(6-4-13)17-11-15(12-17)7-9-18-10-8-15/h13-14,16H,2-12H2,1H3. The van der Waals surface area contributed by atoms with Crippen molar-refractivity contribution < 1.29 is 4.74 Å². The predicted octanol–water partition coefficient (Wildman–Crippen LogP) is 2.02. The highest BCUT2D eigenvalue weighted by atomic mass is 16.5. The molecule has 3 aliphatic rings. The number of nitrogens with one attached hydrogen (secondary N) is 1. The molecular formula is C15H28N2O. The van der Waals surface area contributed by atoms with Gasteiger partial charge in [-0.1, -0.05) is 6.92 Å². The Morgan fingerprint density at radius 1 is 1.11 bits per heavy atom. The Morgan fingerprint density at radius 3 is 2.39 bits per heavy atom. The Kier molecular flexibility index (Phi) is 3.92. The Morgan fingerprint density at radius 2 is 1.78 bits per heavy atom. The summed E-state index contributed by atoms with van der Waals surface area (Å²) in [5.41, 5.74) is 0.650. The summed E-state index contributed by atoms with van der Waals surface area (Å²) in [7, 11) is 0. The summed E-state index contributed by atoms with van der Waals surface area (Å²) < 4.78 is 5.50. The highest BCUT2D eigenvalue weighted by Gasteiger charge is 2.46. The Hall–Kier alpha value is -0.120. The quantitative estimate of drug-likeness (QED) is 0.831. The van der Waals surface area contributed by atoms with Crippen LogP contribution in [0.15, 0.2) is 0 Å². The van der Waals surface area contributed by atoms with E-state index in [0.717, 1.165) is 31.8 Å². The van der Waals surface area contributed by atoms with Crippen LogP contribution in [0.1, 0.15) is 45.4 Å². The fourth-order valence-electron chi connectivity index (χ4n) is 4.13. The number of nitrogens with zero attached hydrogens (tertiary/aromatic N) is 1. The summed E-state index contributed by atoms with van der Waals surface area (Å²) in [5.74, 6) is 0. The summed E-state index contributed by atoms with van der Waals surface area (Å²) in [6.45, 7) is 8.06. The molecule has 3 fully saturated rings. The Bertz CT molecular complexity index is 260. The van der Waals surface area contributed by atoms with Gasteiger partial charge in [0.15, 0.2) is 0 Å². The highest BCUT2D eigenvalue weighted by Crippen LogP contribution is 2.42. The van der Waals surface area contributed by atoms with Crippen molar-refractivity contribution >= 4 is 0 Å². The molecule has 2 aliphatic heterocycles. The summed E-state index contributed by atoms with van der Waals surface area (Å²) in [6, 6.07) is 1.68. The highest BCUT2D eigenvalue weighted by molar-refractivity contribution is 4.99. The van der Waals surface area contributed by atoms with Crippen molar-refractivity contribution in [2.75, 3.05) is 32.8 Å². The molecule has 0 atom stereocenters. The van der Waals surface area contributed by atoms with E-state index in [4.69, 9.17) is 4.74 Å². The molecule has 1 spiro atoms. The van der Waals surface area contributed by atoms with Crippen molar-refractivity contribution in [1.82, 2.24) is 10.2 Å². The molecule has 0 radical (unpaired) electrons. The molecule has 0 aromatic heterocycles. The zero-order chi connectivity index (χ0) is 12.4. The molecule has 0 amide bonds. The van der Waals surface area contributed by atoms with Crippen molar-refractivity contribution in [3.8, 4) is 0 Å². The van der Waals surface area contributed by atoms with E-state index in [-0.39, 0.29) is 0 Å². The number of hydrogen-bond donors (Lipinski definition) is 1. The zero-order valence-corrected chi connectivity index (χ0v) is 11.8. The van der Waals surface area contributed by atoms with E-state index < -0.39 is 0 Å². The van der Waals surface area contributed by atoms with E-state index >= 15 is 0 Å². The minimum Gasteiger partial charge on any atom is -0.381 e. The molecule has 1 saturated carbocycles. The van der Waals surface area contributed by atoms with Gasteiger partial charge >= 0.3 is 0 Å². The molecule has 3 rings (SSSR count). The van der Waals surface area contributed by atoms with Gasteiger partial charge in [0.05, 0.1) is 0 Å². The van der Waals surface area contributed by atoms with E-state index in [1.807, 2.05) is 0 Å². The monoisotopic (exact) mass is 252 g/mol. The van der Waals surface area contributed by atoms with Gasteiger partial charge in [-0.15, -0.1) is 0 Å². The number of ether oxygens (including phenoxy) is 1. The van der Waals surface area contributed by atoms with Crippen LogP contribution in [0.2, 0.25) is 0 Å². The van der Waals surface area contributed by atoms with Crippen molar-refractivity contribution in [2.24, 2.45) is 5.41 Å². The topological polar surface area (TPSA) is 24.5 Å². The molecule has 0 bridgehead atoms. The van der Waals surface area contributed by atoms with E-state index in [2.05, 4.69) is 17.1 Å². The first-order valence-electron chi connectivity index (χ1n) is 7.86. The maximum absolute atomic E-state index is 5.50. The molecule has 2 heterocycles. The third-order valence-electron chi connectivity index (χ3n) is 5.34. The smallest absolute Gasteiger partial charge is 0.0472 e. The van der Waals surface area contributed by atoms with Crippen molar-refractivity contribution in [1.29, 1.82) is 0 Å². The lowest BCUT2D eigenvalue weighted by Crippen LogP contribution is -2.62. The first kappa shape index (κ1) is 12.9. The minimum absolute atomic E-state index is 0.650. The lowest BCUT2D eigenvalue weighted by molar-refractivity contribution is -0.102. The van der Waals surface area contributed by atoms with Crippen LogP contribution in [0, 0.1) is 5.41 Å². The van der Waals surface area contributed by atoms with Crippen LogP contribution < -0.4 is 5.32 Å². The lowest BCUT2D eigenvalue weighted by atomic mass is 9.71. The van der Waals surface area contributed by atoms with E-state index in [9.17, 15) is 0 Å². The van der Waals surface area contributed by atoms with Gasteiger partial charge in [-0.2, -0.15) is 0 Å². The van der Waals surface area contributed by atoms with Gasteiger partial charge < -0.3 is 10.1 Å². The molecule has 0 aromatic carbocycles. The Labute approximate surface area is 111 Å². The summed E-state index contributed by atoms with van der Waals surface area (Å²) in [5, 5.41) is 3.60. The first-order valence-corrected chi connectivity index (χ1v) is 7.86. The van der Waals surface area contributed by atoms with Gasteiger partial charge in [-0.3, -0.25) is 4.90 Å². The molecule has 1 N–H and O–H groups in total. The predicted molar refractivity (Wildman–Crippen MR) is 73.8 cm³/mol. The fourth-order valence-corrected chi connectivity index (χ4v) is 4.13. The number of rotatable bonds is 3. The van der Waals surface area contributed by atoms with Crippen molar-refractivity contribution in [3.05, 3.63) is 0 Å². The SMILES string of the molecule is CCNC1CCC(N2CC3(CCOCC3)C2)CC1. The first-order chi connectivity index (χ1) is 8.81. The van der Waals surface area contributed by atoms with Crippen molar-refractivity contribution in [3.63, 3.8) is 0 Å². The zero-order valence-electron chi connectivity index (χ0n) is 11.8. The maximum atomic E-state index is 5.50. The average Bonchev–Trinajstić information content (AvgIpc) is 2.38. The van der Waals surface area contributed by atoms with E-state index in [1.54, 1.807) is 0 Å².